The van der Waals surface area contributed by atoms with Crippen molar-refractivity contribution in [3.8, 4) is 6.07 Å². The van der Waals surface area contributed by atoms with Crippen LogP contribution in [0.25, 0.3) is 0 Å². The minimum absolute atomic E-state index is 0.209. The number of nitrogens with one attached hydrogen (secondary N) is 2. The second kappa shape index (κ2) is 8.36. The Morgan fingerprint density at radius 2 is 2.00 bits per heavy atom. The molecule has 2 aromatic rings. The van der Waals surface area contributed by atoms with Crippen LogP contribution in [0.3, 0.4) is 0 Å². The lowest BCUT2D eigenvalue weighted by molar-refractivity contribution is -0.885. The van der Waals surface area contributed by atoms with E-state index in [1.165, 1.54) is 0 Å². The molecule has 0 aromatic heterocycles. The summed E-state index contributed by atoms with van der Waals surface area (Å²) in [5.74, 6) is -0.218. The maximum Gasteiger partial charge on any atom is 0.279 e. The van der Waals surface area contributed by atoms with Gasteiger partial charge in [0.15, 0.2) is 6.54 Å². The summed E-state index contributed by atoms with van der Waals surface area (Å²) in [5.41, 5.74) is 1.64. The van der Waals surface area contributed by atoms with Crippen molar-refractivity contribution in [1.82, 2.24) is 0 Å². The second-order valence-electron chi connectivity index (χ2n) is 5.37. The lowest BCUT2D eigenvalue weighted by atomic mass is 10.2. The molecule has 124 valence electrons. The van der Waals surface area contributed by atoms with Gasteiger partial charge in [-0.05, 0) is 24.3 Å². The van der Waals surface area contributed by atoms with E-state index in [4.69, 9.17) is 40.1 Å². The third kappa shape index (κ3) is 4.86. The summed E-state index contributed by atoms with van der Waals surface area (Å²) in [5, 5.41) is 13.2. The molecule has 0 fully saturated rings. The number of halogens is 3. The molecule has 2 N–H and O–H groups in total. The molecule has 0 radical (unpaired) electrons. The van der Waals surface area contributed by atoms with Gasteiger partial charge in [0, 0.05) is 10.6 Å². The summed E-state index contributed by atoms with van der Waals surface area (Å²) in [7, 11) is 1.87. The molecule has 7 heteroatoms. The molecule has 0 saturated carbocycles. The van der Waals surface area contributed by atoms with Crippen LogP contribution in [0, 0.1) is 11.3 Å². The zero-order chi connectivity index (χ0) is 17.7. The number of hydrogen-bond acceptors (Lipinski definition) is 2. The number of carbonyl (C=O) groups excluding carboxylic acids is 1. The van der Waals surface area contributed by atoms with Crippen molar-refractivity contribution in [3.05, 3.63) is 62.6 Å². The van der Waals surface area contributed by atoms with Crippen LogP contribution < -0.4 is 10.2 Å². The lowest BCUT2D eigenvalue weighted by Gasteiger charge is -2.15. The predicted octanol–water partition coefficient (Wildman–Crippen LogP) is 3.17. The number of carbonyl (C=O) groups is 1. The minimum Gasteiger partial charge on any atom is -0.326 e. The third-order valence-electron chi connectivity index (χ3n) is 3.36. The van der Waals surface area contributed by atoms with Crippen molar-refractivity contribution in [2.45, 2.75) is 6.54 Å². The Bertz CT molecular complexity index is 802. The Labute approximate surface area is 155 Å². The van der Waals surface area contributed by atoms with Crippen molar-refractivity contribution in [2.24, 2.45) is 0 Å². The fourth-order valence-corrected chi connectivity index (χ4v) is 2.82. The standard InChI is InChI=1S/C17H14Cl3N3O/c1-23(9-12-3-2-4-14(19)17(12)20)10-16(24)22-15-7-13(18)6-5-11(15)8-21/h2-7H,9-10H2,1H3,(H,22,24)/p+1. The first-order valence-electron chi connectivity index (χ1n) is 7.14. The molecule has 4 nitrogen and oxygen atoms in total. The molecule has 1 amide bonds. The molecule has 24 heavy (non-hydrogen) atoms. The fraction of sp³-hybridized carbons (Fsp3) is 0.176. The molecule has 0 aliphatic carbocycles. The topological polar surface area (TPSA) is 57.3 Å². The van der Waals surface area contributed by atoms with Crippen LogP contribution in [-0.2, 0) is 11.3 Å². The van der Waals surface area contributed by atoms with Gasteiger partial charge < -0.3 is 10.2 Å². The van der Waals surface area contributed by atoms with Crippen LogP contribution >= 0.6 is 34.8 Å². The van der Waals surface area contributed by atoms with Gasteiger partial charge in [0.1, 0.15) is 12.6 Å². The van der Waals surface area contributed by atoms with Crippen LogP contribution in [0.1, 0.15) is 11.1 Å². The molecule has 1 unspecified atom stereocenters. The molecule has 1 atom stereocenters. The quantitative estimate of drug-likeness (QED) is 0.833. The van der Waals surface area contributed by atoms with Gasteiger partial charge in [-0.3, -0.25) is 4.79 Å². The summed E-state index contributed by atoms with van der Waals surface area (Å²) in [6.07, 6.45) is 0. The van der Waals surface area contributed by atoms with Crippen molar-refractivity contribution in [3.63, 3.8) is 0 Å². The summed E-state index contributed by atoms with van der Waals surface area (Å²) in [6, 6.07) is 12.2. The van der Waals surface area contributed by atoms with E-state index >= 15 is 0 Å². The minimum atomic E-state index is -0.218. The number of hydrogen-bond donors (Lipinski definition) is 2. The number of nitriles is 1. The Balaban J connectivity index is 2.01. The predicted molar refractivity (Wildman–Crippen MR) is 96.7 cm³/mol. The number of benzene rings is 2. The highest BCUT2D eigenvalue weighted by Crippen LogP contribution is 2.24. The van der Waals surface area contributed by atoms with Gasteiger partial charge in [0.05, 0.1) is 28.3 Å². The summed E-state index contributed by atoms with van der Waals surface area (Å²) in [6.45, 7) is 0.758. The second-order valence-corrected chi connectivity index (χ2v) is 6.60. The molecule has 0 aliphatic heterocycles. The maximum absolute atomic E-state index is 12.2. The molecule has 2 aromatic carbocycles. The highest BCUT2D eigenvalue weighted by Gasteiger charge is 2.15. The number of quaternary nitrogens is 1. The Morgan fingerprint density at radius 1 is 1.25 bits per heavy atom. The summed E-state index contributed by atoms with van der Waals surface area (Å²) in [4.78, 5) is 13.1. The number of rotatable bonds is 5. The Kier molecular flexibility index (Phi) is 6.47. The van der Waals surface area contributed by atoms with E-state index in [0.29, 0.717) is 32.9 Å². The highest BCUT2D eigenvalue weighted by molar-refractivity contribution is 6.42. The molecule has 0 aliphatic rings. The van der Waals surface area contributed by atoms with E-state index in [-0.39, 0.29) is 12.5 Å². The van der Waals surface area contributed by atoms with E-state index in [1.807, 2.05) is 25.2 Å². The lowest BCUT2D eigenvalue weighted by Crippen LogP contribution is -3.08. The van der Waals surface area contributed by atoms with Gasteiger partial charge >= 0.3 is 0 Å². The van der Waals surface area contributed by atoms with E-state index < -0.39 is 0 Å². The zero-order valence-corrected chi connectivity index (χ0v) is 15.1. The Morgan fingerprint density at radius 3 is 2.71 bits per heavy atom. The van der Waals surface area contributed by atoms with Gasteiger partial charge in [-0.1, -0.05) is 46.9 Å². The van der Waals surface area contributed by atoms with Gasteiger partial charge in [-0.25, -0.2) is 0 Å². The van der Waals surface area contributed by atoms with Crippen LogP contribution in [0.2, 0.25) is 15.1 Å². The van der Waals surface area contributed by atoms with Crippen LogP contribution in [0.15, 0.2) is 36.4 Å². The summed E-state index contributed by atoms with van der Waals surface area (Å²) >= 11 is 18.1. The average Bonchev–Trinajstić information content (AvgIpc) is 2.52. The van der Waals surface area contributed by atoms with E-state index in [0.717, 1.165) is 10.5 Å². The molecule has 0 saturated heterocycles. The van der Waals surface area contributed by atoms with Gasteiger partial charge in [-0.15, -0.1) is 0 Å². The first kappa shape index (κ1) is 18.6. The fourth-order valence-electron chi connectivity index (χ4n) is 2.26. The van der Waals surface area contributed by atoms with Gasteiger partial charge in [-0.2, -0.15) is 5.26 Å². The molecule has 0 heterocycles. The van der Waals surface area contributed by atoms with Crippen LogP contribution in [0.4, 0.5) is 5.69 Å². The normalized spacial score (nSPS) is 11.6. The SMILES string of the molecule is C[NH+](CC(=O)Nc1cc(Cl)ccc1C#N)Cc1cccc(Cl)c1Cl. The van der Waals surface area contributed by atoms with Crippen LogP contribution in [-0.4, -0.2) is 19.5 Å². The van der Waals surface area contributed by atoms with Gasteiger partial charge in [0.2, 0.25) is 0 Å². The van der Waals surface area contributed by atoms with Crippen LogP contribution in [0.5, 0.6) is 0 Å². The van der Waals surface area contributed by atoms with Crippen molar-refractivity contribution in [2.75, 3.05) is 18.9 Å². The first-order chi connectivity index (χ1) is 11.4. The van der Waals surface area contributed by atoms with Crippen molar-refractivity contribution in [1.29, 1.82) is 5.26 Å². The maximum atomic E-state index is 12.2. The average molecular weight is 384 g/mol. The monoisotopic (exact) mass is 382 g/mol. The number of amides is 1. The number of nitrogens with zero attached hydrogens (tertiary/aromatic N) is 1. The van der Waals surface area contributed by atoms with Crippen molar-refractivity contribution >= 4 is 46.4 Å². The largest absolute Gasteiger partial charge is 0.326 e. The van der Waals surface area contributed by atoms with E-state index in [9.17, 15) is 4.79 Å². The smallest absolute Gasteiger partial charge is 0.279 e. The molecule has 0 bridgehead atoms. The number of likely N-dealkylation sites (N-methyl/N-ethyl adjacent to an activating group) is 1. The summed E-state index contributed by atoms with van der Waals surface area (Å²) < 4.78 is 0. The van der Waals surface area contributed by atoms with Gasteiger partial charge in [0.25, 0.3) is 5.91 Å². The van der Waals surface area contributed by atoms with Crippen molar-refractivity contribution < 1.29 is 9.69 Å². The van der Waals surface area contributed by atoms with E-state index in [1.54, 1.807) is 24.3 Å². The Hall–Kier alpha value is -1.77. The van der Waals surface area contributed by atoms with E-state index in [2.05, 4.69) is 5.32 Å². The molecule has 2 rings (SSSR count). The molecular weight excluding hydrogens is 369 g/mol. The zero-order valence-electron chi connectivity index (χ0n) is 12.9. The number of anilines is 1. The molecule has 0 spiro atoms. The molecular formula is C17H15Cl3N3O+. The third-order valence-corrected chi connectivity index (χ3v) is 4.46. The first-order valence-corrected chi connectivity index (χ1v) is 8.27. The highest BCUT2D eigenvalue weighted by atomic mass is 35.5.